The lowest BCUT2D eigenvalue weighted by Crippen LogP contribution is -2.74. The maximum absolute atomic E-state index is 12.9. The largest absolute Gasteiger partial charge is 0.390 e. The first-order valence-electron chi connectivity index (χ1n) is 8.45. The molecule has 1 spiro atoms. The van der Waals surface area contributed by atoms with Gasteiger partial charge in [0.25, 0.3) is 0 Å². The van der Waals surface area contributed by atoms with Crippen molar-refractivity contribution in [2.45, 2.75) is 64.1 Å². The summed E-state index contributed by atoms with van der Waals surface area (Å²) in [6, 6.07) is -0.815. The third-order valence-corrected chi connectivity index (χ3v) is 4.95. The molecular formula is C16H30ClN3O3. The highest BCUT2D eigenvalue weighted by Crippen LogP contribution is 2.32. The molecule has 134 valence electrons. The summed E-state index contributed by atoms with van der Waals surface area (Å²) < 4.78 is 0. The van der Waals surface area contributed by atoms with Crippen LogP contribution in [0.3, 0.4) is 0 Å². The van der Waals surface area contributed by atoms with Gasteiger partial charge in [0.15, 0.2) is 0 Å². The second kappa shape index (κ2) is 8.31. The predicted octanol–water partition coefficient (Wildman–Crippen LogP) is 0.674. The molecule has 2 atom stereocenters. The number of nitrogens with zero attached hydrogens (tertiary/aromatic N) is 1. The number of amides is 2. The van der Waals surface area contributed by atoms with Gasteiger partial charge in [0.1, 0.15) is 11.6 Å². The van der Waals surface area contributed by atoms with Crippen molar-refractivity contribution >= 4 is 24.2 Å². The van der Waals surface area contributed by atoms with Crippen molar-refractivity contribution < 1.29 is 14.7 Å². The number of rotatable bonds is 5. The van der Waals surface area contributed by atoms with E-state index in [1.165, 1.54) is 0 Å². The van der Waals surface area contributed by atoms with Gasteiger partial charge in [0.05, 0.1) is 6.10 Å². The van der Waals surface area contributed by atoms with Gasteiger partial charge in [-0.05, 0) is 38.3 Å². The predicted molar refractivity (Wildman–Crippen MR) is 91.5 cm³/mol. The van der Waals surface area contributed by atoms with Crippen LogP contribution in [0, 0.1) is 5.92 Å². The van der Waals surface area contributed by atoms with E-state index in [0.29, 0.717) is 19.4 Å². The van der Waals surface area contributed by atoms with E-state index in [1.54, 1.807) is 4.90 Å². The lowest BCUT2D eigenvalue weighted by atomic mass is 9.81. The second-order valence-corrected chi connectivity index (χ2v) is 6.81. The summed E-state index contributed by atoms with van der Waals surface area (Å²) in [4.78, 5) is 27.5. The molecule has 0 radical (unpaired) electrons. The van der Waals surface area contributed by atoms with E-state index in [9.17, 15) is 14.7 Å². The average Bonchev–Trinajstić information content (AvgIpc) is 2.51. The van der Waals surface area contributed by atoms with Crippen molar-refractivity contribution in [3.8, 4) is 0 Å². The van der Waals surface area contributed by atoms with Crippen molar-refractivity contribution in [1.82, 2.24) is 15.5 Å². The molecule has 2 fully saturated rings. The van der Waals surface area contributed by atoms with Crippen LogP contribution in [-0.4, -0.2) is 59.1 Å². The highest BCUT2D eigenvalue weighted by atomic mass is 35.5. The van der Waals surface area contributed by atoms with E-state index in [4.69, 9.17) is 0 Å². The van der Waals surface area contributed by atoms with Crippen molar-refractivity contribution in [2.75, 3.05) is 19.6 Å². The van der Waals surface area contributed by atoms with Crippen molar-refractivity contribution in [1.29, 1.82) is 0 Å². The molecule has 23 heavy (non-hydrogen) atoms. The van der Waals surface area contributed by atoms with E-state index in [1.807, 2.05) is 13.8 Å². The van der Waals surface area contributed by atoms with Gasteiger partial charge in [-0.1, -0.05) is 27.2 Å². The number of piperidine rings is 1. The maximum atomic E-state index is 12.9. The third-order valence-electron chi connectivity index (χ3n) is 4.95. The third kappa shape index (κ3) is 3.80. The Morgan fingerprint density at radius 3 is 2.43 bits per heavy atom. The van der Waals surface area contributed by atoms with Gasteiger partial charge in [-0.3, -0.25) is 9.59 Å². The Bertz CT molecular complexity index is 425. The van der Waals surface area contributed by atoms with Crippen LogP contribution in [0.4, 0.5) is 0 Å². The molecule has 7 heteroatoms. The first-order chi connectivity index (χ1) is 10.4. The quantitative estimate of drug-likeness (QED) is 0.683. The Morgan fingerprint density at radius 1 is 1.30 bits per heavy atom. The molecule has 6 nitrogen and oxygen atoms in total. The van der Waals surface area contributed by atoms with Crippen molar-refractivity contribution in [2.24, 2.45) is 5.92 Å². The number of carbonyl (C=O) groups excluding carboxylic acids is 2. The number of hydrogen-bond acceptors (Lipinski definition) is 4. The minimum atomic E-state index is -0.848. The average molecular weight is 348 g/mol. The molecule has 2 heterocycles. The summed E-state index contributed by atoms with van der Waals surface area (Å²) in [7, 11) is 0. The number of aliphatic hydroxyl groups excluding tert-OH is 1. The lowest BCUT2D eigenvalue weighted by Gasteiger charge is -2.51. The summed E-state index contributed by atoms with van der Waals surface area (Å²) in [6.07, 6.45) is 2.27. The molecule has 2 amide bonds. The summed E-state index contributed by atoms with van der Waals surface area (Å²) >= 11 is 0. The Balaban J connectivity index is 0.00000264. The Kier molecular flexibility index (Phi) is 7.29. The summed E-state index contributed by atoms with van der Waals surface area (Å²) in [5, 5.41) is 16.4. The van der Waals surface area contributed by atoms with E-state index in [0.717, 1.165) is 25.9 Å². The fraction of sp³-hybridized carbons (Fsp3) is 0.875. The van der Waals surface area contributed by atoms with Crippen molar-refractivity contribution in [3.63, 3.8) is 0 Å². The van der Waals surface area contributed by atoms with Crippen LogP contribution in [0.25, 0.3) is 0 Å². The van der Waals surface area contributed by atoms with Crippen LogP contribution in [-0.2, 0) is 9.59 Å². The van der Waals surface area contributed by atoms with Gasteiger partial charge in [-0.15, -0.1) is 12.4 Å². The van der Waals surface area contributed by atoms with E-state index in [-0.39, 0.29) is 30.1 Å². The van der Waals surface area contributed by atoms with Crippen LogP contribution < -0.4 is 10.6 Å². The first kappa shape index (κ1) is 20.2. The monoisotopic (exact) mass is 347 g/mol. The molecule has 0 aromatic carbocycles. The number of carbonyl (C=O) groups is 2. The fourth-order valence-corrected chi connectivity index (χ4v) is 3.43. The molecule has 2 aliphatic heterocycles. The second-order valence-electron chi connectivity index (χ2n) is 6.81. The van der Waals surface area contributed by atoms with Crippen molar-refractivity contribution in [3.05, 3.63) is 0 Å². The molecule has 0 aromatic heterocycles. The highest BCUT2D eigenvalue weighted by Gasteiger charge is 2.53. The number of piperazine rings is 1. The van der Waals surface area contributed by atoms with Gasteiger partial charge >= 0.3 is 0 Å². The fourth-order valence-electron chi connectivity index (χ4n) is 3.43. The normalized spacial score (nSPS) is 25.3. The Morgan fingerprint density at radius 2 is 1.91 bits per heavy atom. The zero-order valence-corrected chi connectivity index (χ0v) is 15.1. The zero-order chi connectivity index (χ0) is 16.3. The molecule has 0 bridgehead atoms. The molecule has 0 aromatic rings. The highest BCUT2D eigenvalue weighted by molar-refractivity contribution is 6.00. The first-order valence-corrected chi connectivity index (χ1v) is 8.45. The van der Waals surface area contributed by atoms with Gasteiger partial charge in [-0.25, -0.2) is 0 Å². The van der Waals surface area contributed by atoms with Gasteiger partial charge in [0, 0.05) is 6.54 Å². The molecule has 3 N–H and O–H groups in total. The molecule has 0 unspecified atom stereocenters. The zero-order valence-electron chi connectivity index (χ0n) is 14.3. The van der Waals surface area contributed by atoms with E-state index in [2.05, 4.69) is 17.6 Å². The smallest absolute Gasteiger partial charge is 0.248 e. The number of halogens is 1. The Hall–Kier alpha value is -0.850. The number of nitrogens with one attached hydrogen (secondary N) is 2. The molecular weight excluding hydrogens is 318 g/mol. The molecule has 2 saturated heterocycles. The minimum Gasteiger partial charge on any atom is -0.390 e. The number of unbranched alkanes of at least 4 members (excludes halogenated alkanes) is 1. The van der Waals surface area contributed by atoms with E-state index >= 15 is 0 Å². The number of aliphatic hydroxyl groups is 1. The topological polar surface area (TPSA) is 81.7 Å². The summed E-state index contributed by atoms with van der Waals surface area (Å²) in [6.45, 7) is 7.85. The molecule has 2 rings (SSSR count). The van der Waals surface area contributed by atoms with Gasteiger partial charge in [-0.2, -0.15) is 0 Å². The summed E-state index contributed by atoms with van der Waals surface area (Å²) in [5.41, 5.74) is -0.731. The molecule has 0 saturated carbocycles. The van der Waals surface area contributed by atoms with Crippen LogP contribution in [0.15, 0.2) is 0 Å². The van der Waals surface area contributed by atoms with Crippen LogP contribution >= 0.6 is 12.4 Å². The van der Waals surface area contributed by atoms with Gasteiger partial charge < -0.3 is 20.6 Å². The Labute approximate surface area is 144 Å². The standard InChI is InChI=1S/C16H29N3O3.ClH/c1-4-5-10-19-14(21)12(13(20)11(2)3)18-15(22)16(19)6-8-17-9-7-16;/h11-13,17,20H,4-10H2,1-3H3,(H,18,22);1H/t12-,13-;/m0./s1. The molecule has 0 aliphatic carbocycles. The van der Waals surface area contributed by atoms with Crippen LogP contribution in [0.2, 0.25) is 0 Å². The summed E-state index contributed by atoms with van der Waals surface area (Å²) in [5.74, 6) is -0.310. The minimum absolute atomic E-state index is 0. The van der Waals surface area contributed by atoms with Crippen LogP contribution in [0.1, 0.15) is 46.5 Å². The SMILES string of the molecule is CCCCN1C(=O)[C@H]([C@@H](O)C(C)C)NC(=O)C12CCNCC2.Cl. The molecule has 2 aliphatic rings. The number of hydrogen-bond donors (Lipinski definition) is 3. The van der Waals surface area contributed by atoms with Crippen LogP contribution in [0.5, 0.6) is 0 Å². The van der Waals surface area contributed by atoms with E-state index < -0.39 is 17.7 Å². The van der Waals surface area contributed by atoms with Gasteiger partial charge in [0.2, 0.25) is 11.8 Å². The maximum Gasteiger partial charge on any atom is 0.248 e. The lowest BCUT2D eigenvalue weighted by molar-refractivity contribution is -0.163.